The molecule has 0 aliphatic heterocycles. The summed E-state index contributed by atoms with van der Waals surface area (Å²) in [6, 6.07) is 5.60. The van der Waals surface area contributed by atoms with Crippen LogP contribution in [-0.2, 0) is 18.9 Å². The Morgan fingerprint density at radius 1 is 0.481 bits per heavy atom. The zero-order valence-corrected chi connectivity index (χ0v) is 22.3. The zero-order valence-electron chi connectivity index (χ0n) is 19.5. The highest BCUT2D eigenvalue weighted by Gasteiger charge is 2.14. The van der Waals surface area contributed by atoms with Crippen LogP contribution >= 0.6 is 0 Å². The lowest BCUT2D eigenvalue weighted by atomic mass is 10.4. The van der Waals surface area contributed by atoms with Crippen molar-refractivity contribution in [1.82, 2.24) is 0 Å². The number of hydrogen-bond donors (Lipinski definition) is 0. The zero-order chi connectivity index (χ0) is 20.7. The quantitative estimate of drug-likeness (QED) is 0.186. The van der Waals surface area contributed by atoms with Crippen LogP contribution in [0, 0.1) is 0 Å². The fourth-order valence-corrected chi connectivity index (χ4v) is 7.13. The molecule has 4 nitrogen and oxygen atoms in total. The molecule has 0 aliphatic rings. The van der Waals surface area contributed by atoms with E-state index in [0.717, 1.165) is 12.8 Å². The summed E-state index contributed by atoms with van der Waals surface area (Å²) in [4.78, 5) is 0. The molecule has 0 spiro atoms. The first kappa shape index (κ1) is 27.3. The second-order valence-corrected chi connectivity index (χ2v) is 12.9. The standard InChI is InChI=1S/C21H48O4Si2/c1-16(2)22-20(23-17(3)4)10-14-26-12-9-13-27-15-11-21(24-18(5)6)25-19(7)8/h16-21H,9-15,26-27H2,1-8H3. The summed E-state index contributed by atoms with van der Waals surface area (Å²) < 4.78 is 23.5. The van der Waals surface area contributed by atoms with Crippen molar-refractivity contribution in [3.8, 4) is 0 Å². The number of rotatable bonds is 18. The highest BCUT2D eigenvalue weighted by molar-refractivity contribution is 6.37. The maximum Gasteiger partial charge on any atom is 0.157 e. The largest absolute Gasteiger partial charge is 0.350 e. The van der Waals surface area contributed by atoms with Gasteiger partial charge in [0.2, 0.25) is 0 Å². The minimum atomic E-state index is -0.00859. The van der Waals surface area contributed by atoms with Gasteiger partial charge in [0.25, 0.3) is 0 Å². The van der Waals surface area contributed by atoms with E-state index < -0.39 is 0 Å². The minimum Gasteiger partial charge on any atom is -0.350 e. The monoisotopic (exact) mass is 420 g/mol. The average Bonchev–Trinajstić information content (AvgIpc) is 2.50. The first-order valence-electron chi connectivity index (χ1n) is 11.3. The Bertz CT molecular complexity index is 275. The van der Waals surface area contributed by atoms with E-state index >= 15 is 0 Å². The van der Waals surface area contributed by atoms with Gasteiger partial charge in [-0.2, -0.15) is 0 Å². The van der Waals surface area contributed by atoms with Crippen LogP contribution in [0.3, 0.4) is 0 Å². The minimum absolute atomic E-state index is 0.00859. The van der Waals surface area contributed by atoms with Crippen molar-refractivity contribution < 1.29 is 18.9 Å². The molecule has 0 aliphatic carbocycles. The highest BCUT2D eigenvalue weighted by Crippen LogP contribution is 2.13. The van der Waals surface area contributed by atoms with E-state index in [1.54, 1.807) is 0 Å². The van der Waals surface area contributed by atoms with Crippen LogP contribution in [0.2, 0.25) is 24.2 Å². The summed E-state index contributed by atoms with van der Waals surface area (Å²) in [6.07, 6.45) is 4.52. The second-order valence-electron chi connectivity index (χ2n) is 8.65. The van der Waals surface area contributed by atoms with E-state index in [2.05, 4.69) is 55.4 Å². The Labute approximate surface area is 174 Å². The van der Waals surface area contributed by atoms with Crippen LogP contribution < -0.4 is 0 Å². The first-order valence-corrected chi connectivity index (χ1v) is 15.3. The predicted octanol–water partition coefficient (Wildman–Crippen LogP) is 4.52. The van der Waals surface area contributed by atoms with Gasteiger partial charge in [-0.25, -0.2) is 0 Å². The van der Waals surface area contributed by atoms with E-state index in [1.165, 1.54) is 30.6 Å². The van der Waals surface area contributed by atoms with Crippen molar-refractivity contribution in [3.05, 3.63) is 0 Å². The fourth-order valence-electron chi connectivity index (χ4n) is 3.06. The molecule has 0 N–H and O–H groups in total. The Morgan fingerprint density at radius 3 is 1.04 bits per heavy atom. The molecule has 0 aromatic heterocycles. The van der Waals surface area contributed by atoms with Gasteiger partial charge in [0.05, 0.1) is 24.4 Å². The molecule has 0 radical (unpaired) electrons. The average molecular weight is 421 g/mol. The van der Waals surface area contributed by atoms with E-state index in [0.29, 0.717) is 0 Å². The normalized spacial score (nSPS) is 13.6. The van der Waals surface area contributed by atoms with Crippen LogP contribution in [-0.4, -0.2) is 56.0 Å². The molecule has 0 bridgehead atoms. The van der Waals surface area contributed by atoms with E-state index in [9.17, 15) is 0 Å². The topological polar surface area (TPSA) is 36.9 Å². The number of hydrogen-bond acceptors (Lipinski definition) is 4. The maximum absolute atomic E-state index is 5.88. The second kappa shape index (κ2) is 17.2. The summed E-state index contributed by atoms with van der Waals surface area (Å²) in [6.45, 7) is 16.7. The van der Waals surface area contributed by atoms with Gasteiger partial charge in [0.1, 0.15) is 0 Å². The molecule has 0 saturated carbocycles. The van der Waals surface area contributed by atoms with Gasteiger partial charge in [-0.3, -0.25) is 0 Å². The molecular weight excluding hydrogens is 372 g/mol. The van der Waals surface area contributed by atoms with E-state index in [1.807, 2.05) is 0 Å². The molecule has 0 atom stereocenters. The van der Waals surface area contributed by atoms with Gasteiger partial charge in [-0.05, 0) is 68.2 Å². The highest BCUT2D eigenvalue weighted by atomic mass is 28.2. The van der Waals surface area contributed by atoms with Crippen molar-refractivity contribution in [2.75, 3.05) is 0 Å². The summed E-state index contributed by atoms with van der Waals surface area (Å²) in [7, 11) is 0.0667. The summed E-state index contributed by atoms with van der Waals surface area (Å²) in [5, 5.41) is 0. The van der Waals surface area contributed by atoms with Crippen molar-refractivity contribution in [2.45, 2.75) is 136 Å². The maximum atomic E-state index is 5.88. The van der Waals surface area contributed by atoms with Crippen molar-refractivity contribution in [2.24, 2.45) is 0 Å². The Kier molecular flexibility index (Phi) is 17.3. The van der Waals surface area contributed by atoms with Crippen LogP contribution in [0.15, 0.2) is 0 Å². The van der Waals surface area contributed by atoms with E-state index in [-0.39, 0.29) is 56.0 Å². The first-order chi connectivity index (χ1) is 12.7. The van der Waals surface area contributed by atoms with Crippen molar-refractivity contribution >= 4 is 19.0 Å². The van der Waals surface area contributed by atoms with Gasteiger partial charge >= 0.3 is 0 Å². The van der Waals surface area contributed by atoms with Crippen LogP contribution in [0.5, 0.6) is 0 Å². The van der Waals surface area contributed by atoms with Gasteiger partial charge in [-0.1, -0.05) is 30.6 Å². The third-order valence-electron chi connectivity index (χ3n) is 4.08. The lowest BCUT2D eigenvalue weighted by Crippen LogP contribution is -2.25. The Morgan fingerprint density at radius 2 is 0.778 bits per heavy atom. The smallest absolute Gasteiger partial charge is 0.157 e. The van der Waals surface area contributed by atoms with Crippen molar-refractivity contribution in [1.29, 1.82) is 0 Å². The van der Waals surface area contributed by atoms with Crippen LogP contribution in [0.1, 0.15) is 74.7 Å². The van der Waals surface area contributed by atoms with Gasteiger partial charge in [-0.15, -0.1) is 0 Å². The molecule has 0 rings (SSSR count). The lowest BCUT2D eigenvalue weighted by molar-refractivity contribution is -0.181. The Hall–Kier alpha value is 0.274. The van der Waals surface area contributed by atoms with Crippen LogP contribution in [0.4, 0.5) is 0 Å². The predicted molar refractivity (Wildman–Crippen MR) is 123 cm³/mol. The molecular formula is C21H48O4Si2. The van der Waals surface area contributed by atoms with Gasteiger partial charge < -0.3 is 18.9 Å². The summed E-state index contributed by atoms with van der Waals surface area (Å²) >= 11 is 0. The molecule has 0 saturated heterocycles. The SMILES string of the molecule is CC(C)OC(CC[SiH2]CCC[SiH2]CCC(OC(C)C)OC(C)C)OC(C)C. The van der Waals surface area contributed by atoms with E-state index in [4.69, 9.17) is 18.9 Å². The third-order valence-corrected chi connectivity index (χ3v) is 7.89. The van der Waals surface area contributed by atoms with Crippen LogP contribution in [0.25, 0.3) is 0 Å². The summed E-state index contributed by atoms with van der Waals surface area (Å²) in [5.41, 5.74) is 0. The van der Waals surface area contributed by atoms with Gasteiger partial charge in [0.15, 0.2) is 12.6 Å². The molecule has 0 aromatic rings. The summed E-state index contributed by atoms with van der Waals surface area (Å²) in [5.74, 6) is 0. The third kappa shape index (κ3) is 19.4. The molecule has 0 heterocycles. The van der Waals surface area contributed by atoms with Crippen molar-refractivity contribution in [3.63, 3.8) is 0 Å². The Balaban J connectivity index is 3.72. The lowest BCUT2D eigenvalue weighted by Gasteiger charge is -2.23. The fraction of sp³-hybridized carbons (Fsp3) is 1.00. The van der Waals surface area contributed by atoms with Gasteiger partial charge in [0, 0.05) is 19.0 Å². The molecule has 164 valence electrons. The molecule has 6 heteroatoms. The molecule has 0 amide bonds. The number of ether oxygens (including phenoxy) is 4. The molecule has 27 heavy (non-hydrogen) atoms. The molecule has 0 aromatic carbocycles. The molecule has 0 unspecified atom stereocenters. The molecule has 0 fully saturated rings.